The second kappa shape index (κ2) is 9.96. The highest BCUT2D eigenvalue weighted by Crippen LogP contribution is 2.29. The van der Waals surface area contributed by atoms with Gasteiger partial charge in [0.2, 0.25) is 11.8 Å². The first-order chi connectivity index (χ1) is 14.5. The first-order valence-electron chi connectivity index (χ1n) is 10.2. The molecule has 1 unspecified atom stereocenters. The van der Waals surface area contributed by atoms with Crippen molar-refractivity contribution in [1.29, 1.82) is 0 Å². The van der Waals surface area contributed by atoms with Crippen molar-refractivity contribution in [3.63, 3.8) is 0 Å². The summed E-state index contributed by atoms with van der Waals surface area (Å²) in [6.07, 6.45) is 4.88. The van der Waals surface area contributed by atoms with Gasteiger partial charge in [0, 0.05) is 19.2 Å². The Morgan fingerprint density at radius 2 is 1.73 bits per heavy atom. The summed E-state index contributed by atoms with van der Waals surface area (Å²) in [6.45, 7) is 3.03. The molecule has 1 aliphatic heterocycles. The smallest absolute Gasteiger partial charge is 0.244 e. The van der Waals surface area contributed by atoms with Crippen LogP contribution < -0.4 is 10.1 Å². The SMILES string of the molecule is COc1ccc(/C=C/C(=O)NC(C)C(=O)N2CCC(c3ccc(O)cc3)CC2)cc1. The molecule has 0 aromatic heterocycles. The Bertz CT molecular complexity index is 882. The van der Waals surface area contributed by atoms with Gasteiger partial charge in [-0.25, -0.2) is 0 Å². The zero-order chi connectivity index (χ0) is 21.5. The van der Waals surface area contributed by atoms with E-state index in [-0.39, 0.29) is 17.6 Å². The van der Waals surface area contributed by atoms with E-state index in [2.05, 4.69) is 5.32 Å². The van der Waals surface area contributed by atoms with Gasteiger partial charge in [-0.15, -0.1) is 0 Å². The Balaban J connectivity index is 1.47. The van der Waals surface area contributed by atoms with Crippen LogP contribution >= 0.6 is 0 Å². The van der Waals surface area contributed by atoms with Gasteiger partial charge in [-0.05, 0) is 67.2 Å². The van der Waals surface area contributed by atoms with Crippen molar-refractivity contribution in [2.45, 2.75) is 31.7 Å². The third-order valence-electron chi connectivity index (χ3n) is 5.44. The highest BCUT2D eigenvalue weighted by Gasteiger charge is 2.27. The van der Waals surface area contributed by atoms with Crippen LogP contribution in [0.15, 0.2) is 54.6 Å². The molecular formula is C24H28N2O4. The van der Waals surface area contributed by atoms with Crippen molar-refractivity contribution in [1.82, 2.24) is 10.2 Å². The van der Waals surface area contributed by atoms with Crippen LogP contribution in [-0.4, -0.2) is 48.1 Å². The van der Waals surface area contributed by atoms with E-state index in [1.165, 1.54) is 11.6 Å². The summed E-state index contributed by atoms with van der Waals surface area (Å²) in [4.78, 5) is 26.7. The van der Waals surface area contributed by atoms with E-state index in [0.29, 0.717) is 19.0 Å². The van der Waals surface area contributed by atoms with Crippen molar-refractivity contribution < 1.29 is 19.4 Å². The van der Waals surface area contributed by atoms with Gasteiger partial charge < -0.3 is 20.1 Å². The maximum atomic E-state index is 12.7. The molecular weight excluding hydrogens is 380 g/mol. The normalized spacial score (nSPS) is 15.7. The van der Waals surface area contributed by atoms with Crippen LogP contribution in [0.5, 0.6) is 11.5 Å². The molecule has 0 bridgehead atoms. The molecule has 1 aliphatic rings. The lowest BCUT2D eigenvalue weighted by molar-refractivity contribution is -0.136. The molecule has 3 rings (SSSR count). The van der Waals surface area contributed by atoms with E-state index in [1.54, 1.807) is 32.2 Å². The summed E-state index contributed by atoms with van der Waals surface area (Å²) >= 11 is 0. The standard InChI is InChI=1S/C24H28N2O4/c1-17(25-23(28)12-5-18-3-10-22(30-2)11-4-18)24(29)26-15-13-20(14-16-26)19-6-8-21(27)9-7-19/h3-12,17,20,27H,13-16H2,1-2H3,(H,25,28)/b12-5+. The Morgan fingerprint density at radius 3 is 2.33 bits per heavy atom. The van der Waals surface area contributed by atoms with Crippen LogP contribution in [0.4, 0.5) is 0 Å². The molecule has 2 N–H and O–H groups in total. The van der Waals surface area contributed by atoms with Crippen LogP contribution in [0.1, 0.15) is 36.8 Å². The van der Waals surface area contributed by atoms with Crippen LogP contribution in [0, 0.1) is 0 Å². The molecule has 6 heteroatoms. The van der Waals surface area contributed by atoms with Gasteiger partial charge in [0.15, 0.2) is 0 Å². The third kappa shape index (κ3) is 5.63. The molecule has 30 heavy (non-hydrogen) atoms. The molecule has 2 amide bonds. The molecule has 1 fully saturated rings. The number of likely N-dealkylation sites (tertiary alicyclic amines) is 1. The van der Waals surface area contributed by atoms with Crippen molar-refractivity contribution in [3.8, 4) is 11.5 Å². The average molecular weight is 408 g/mol. The number of rotatable bonds is 6. The summed E-state index contributed by atoms with van der Waals surface area (Å²) < 4.78 is 5.11. The molecule has 1 atom stereocenters. The maximum Gasteiger partial charge on any atom is 0.244 e. The molecule has 6 nitrogen and oxygen atoms in total. The van der Waals surface area contributed by atoms with Crippen molar-refractivity contribution in [2.24, 2.45) is 0 Å². The molecule has 158 valence electrons. The van der Waals surface area contributed by atoms with Crippen LogP contribution in [0.2, 0.25) is 0 Å². The average Bonchev–Trinajstić information content (AvgIpc) is 2.78. The molecule has 1 saturated heterocycles. The number of methoxy groups -OCH3 is 1. The maximum absolute atomic E-state index is 12.7. The second-order valence-electron chi connectivity index (χ2n) is 7.53. The van der Waals surface area contributed by atoms with Gasteiger partial charge in [-0.1, -0.05) is 24.3 Å². The Hall–Kier alpha value is -3.28. The number of phenols is 1. The summed E-state index contributed by atoms with van der Waals surface area (Å²) in [5.41, 5.74) is 2.06. The van der Waals surface area contributed by atoms with E-state index in [1.807, 2.05) is 41.3 Å². The predicted octanol–water partition coefficient (Wildman–Crippen LogP) is 3.32. The number of nitrogens with zero attached hydrogens (tertiary/aromatic N) is 1. The van der Waals surface area contributed by atoms with E-state index in [4.69, 9.17) is 4.74 Å². The minimum absolute atomic E-state index is 0.0645. The number of carbonyl (C=O) groups excluding carboxylic acids is 2. The number of amides is 2. The van der Waals surface area contributed by atoms with Crippen LogP contribution in [-0.2, 0) is 9.59 Å². The van der Waals surface area contributed by atoms with Gasteiger partial charge in [0.1, 0.15) is 17.5 Å². The summed E-state index contributed by atoms with van der Waals surface area (Å²) in [5.74, 6) is 1.03. The van der Waals surface area contributed by atoms with Crippen molar-refractivity contribution in [2.75, 3.05) is 20.2 Å². The van der Waals surface area contributed by atoms with E-state index >= 15 is 0 Å². The van der Waals surface area contributed by atoms with Gasteiger partial charge in [0.25, 0.3) is 0 Å². The highest BCUT2D eigenvalue weighted by atomic mass is 16.5. The van der Waals surface area contributed by atoms with Crippen molar-refractivity contribution >= 4 is 17.9 Å². The van der Waals surface area contributed by atoms with Crippen LogP contribution in [0.3, 0.4) is 0 Å². The fraction of sp³-hybridized carbons (Fsp3) is 0.333. The summed E-state index contributed by atoms with van der Waals surface area (Å²) in [5, 5.41) is 12.2. The number of hydrogen-bond donors (Lipinski definition) is 2. The number of carbonyl (C=O) groups is 2. The predicted molar refractivity (Wildman–Crippen MR) is 116 cm³/mol. The molecule has 0 spiro atoms. The fourth-order valence-electron chi connectivity index (χ4n) is 3.66. The summed E-state index contributed by atoms with van der Waals surface area (Å²) in [7, 11) is 1.60. The Morgan fingerprint density at radius 1 is 1.10 bits per heavy atom. The van der Waals surface area contributed by atoms with Gasteiger partial charge in [-0.3, -0.25) is 9.59 Å². The molecule has 0 saturated carbocycles. The van der Waals surface area contributed by atoms with E-state index in [9.17, 15) is 14.7 Å². The fourth-order valence-corrected chi connectivity index (χ4v) is 3.66. The number of ether oxygens (including phenoxy) is 1. The van der Waals surface area contributed by atoms with Crippen LogP contribution in [0.25, 0.3) is 6.08 Å². The lowest BCUT2D eigenvalue weighted by Crippen LogP contribution is -2.48. The molecule has 2 aromatic rings. The van der Waals surface area contributed by atoms with Crippen molar-refractivity contribution in [3.05, 3.63) is 65.7 Å². The number of piperidine rings is 1. The topological polar surface area (TPSA) is 78.9 Å². The lowest BCUT2D eigenvalue weighted by Gasteiger charge is -2.33. The zero-order valence-corrected chi connectivity index (χ0v) is 17.4. The minimum atomic E-state index is -0.580. The van der Waals surface area contributed by atoms with Gasteiger partial charge >= 0.3 is 0 Å². The number of phenolic OH excluding ortho intramolecular Hbond substituents is 1. The molecule has 0 aliphatic carbocycles. The van der Waals surface area contributed by atoms with Gasteiger partial charge in [0.05, 0.1) is 7.11 Å². The Kier molecular flexibility index (Phi) is 7.12. The zero-order valence-electron chi connectivity index (χ0n) is 17.4. The molecule has 0 radical (unpaired) electrons. The number of nitrogens with one attached hydrogen (secondary N) is 1. The number of hydrogen-bond acceptors (Lipinski definition) is 4. The largest absolute Gasteiger partial charge is 0.508 e. The van der Waals surface area contributed by atoms with E-state index < -0.39 is 6.04 Å². The minimum Gasteiger partial charge on any atom is -0.508 e. The number of benzene rings is 2. The lowest BCUT2D eigenvalue weighted by atomic mass is 9.89. The Labute approximate surface area is 177 Å². The first kappa shape index (κ1) is 21.4. The summed E-state index contributed by atoms with van der Waals surface area (Å²) in [6, 6.07) is 14.1. The second-order valence-corrected chi connectivity index (χ2v) is 7.53. The first-order valence-corrected chi connectivity index (χ1v) is 10.2. The van der Waals surface area contributed by atoms with E-state index in [0.717, 1.165) is 24.2 Å². The molecule has 1 heterocycles. The third-order valence-corrected chi connectivity index (χ3v) is 5.44. The molecule has 2 aromatic carbocycles. The monoisotopic (exact) mass is 408 g/mol. The quantitative estimate of drug-likeness (QED) is 0.719. The number of aromatic hydroxyl groups is 1. The highest BCUT2D eigenvalue weighted by molar-refractivity contribution is 5.95. The van der Waals surface area contributed by atoms with Gasteiger partial charge in [-0.2, -0.15) is 0 Å².